The Morgan fingerprint density at radius 1 is 1.67 bits per heavy atom. The number of hydrogen-bond acceptors (Lipinski definition) is 2. The Balaban J connectivity index is 2.07. The second kappa shape index (κ2) is 4.38. The van der Waals surface area contributed by atoms with Crippen LogP contribution in [0.2, 0.25) is 0 Å². The van der Waals surface area contributed by atoms with Crippen LogP contribution in [0.3, 0.4) is 0 Å². The molecule has 0 unspecified atom stereocenters. The summed E-state index contributed by atoms with van der Waals surface area (Å²) in [5.41, 5.74) is 0. The summed E-state index contributed by atoms with van der Waals surface area (Å²) in [5, 5.41) is 10.5. The molecule has 1 amide bonds. The van der Waals surface area contributed by atoms with Crippen LogP contribution in [0.1, 0.15) is 6.42 Å². The summed E-state index contributed by atoms with van der Waals surface area (Å²) in [5.74, 6) is 0. The molecular formula is C7H11N3O2. The first-order valence-corrected chi connectivity index (χ1v) is 3.71. The van der Waals surface area contributed by atoms with Crippen molar-refractivity contribution in [1.29, 1.82) is 0 Å². The van der Waals surface area contributed by atoms with Crippen LogP contribution in [0.25, 0.3) is 0 Å². The van der Waals surface area contributed by atoms with Gasteiger partial charge in [0.15, 0.2) is 0 Å². The van der Waals surface area contributed by atoms with Gasteiger partial charge in [0.25, 0.3) is 0 Å². The van der Waals surface area contributed by atoms with E-state index in [4.69, 9.17) is 5.11 Å². The zero-order chi connectivity index (χ0) is 8.81. The van der Waals surface area contributed by atoms with E-state index in [0.717, 1.165) is 13.0 Å². The fourth-order valence-electron chi connectivity index (χ4n) is 0.876. The van der Waals surface area contributed by atoms with Crippen LogP contribution in [0.5, 0.6) is 0 Å². The van der Waals surface area contributed by atoms with Crippen molar-refractivity contribution in [2.24, 2.45) is 0 Å². The molecule has 0 fully saturated rings. The van der Waals surface area contributed by atoms with Gasteiger partial charge in [0.1, 0.15) is 0 Å². The summed E-state index contributed by atoms with van der Waals surface area (Å²) in [6.07, 6.45) is 5.06. The van der Waals surface area contributed by atoms with E-state index in [1.807, 2.05) is 10.8 Å². The van der Waals surface area contributed by atoms with Gasteiger partial charge in [0.2, 0.25) is 0 Å². The first-order valence-electron chi connectivity index (χ1n) is 3.71. The first kappa shape index (κ1) is 8.58. The van der Waals surface area contributed by atoms with Gasteiger partial charge < -0.3 is 15.0 Å². The van der Waals surface area contributed by atoms with E-state index in [2.05, 4.69) is 10.3 Å². The lowest BCUT2D eigenvalue weighted by atomic mass is 10.4. The zero-order valence-electron chi connectivity index (χ0n) is 6.60. The van der Waals surface area contributed by atoms with E-state index < -0.39 is 6.09 Å². The van der Waals surface area contributed by atoms with Gasteiger partial charge in [-0.3, -0.25) is 0 Å². The van der Waals surface area contributed by atoms with E-state index in [1.165, 1.54) is 0 Å². The van der Waals surface area contributed by atoms with Crippen molar-refractivity contribution in [3.8, 4) is 0 Å². The number of hydrogen-bond donors (Lipinski definition) is 2. The molecule has 1 rings (SSSR count). The predicted molar refractivity (Wildman–Crippen MR) is 42.9 cm³/mol. The number of nitrogens with zero attached hydrogens (tertiary/aromatic N) is 2. The fourth-order valence-corrected chi connectivity index (χ4v) is 0.876. The molecular weight excluding hydrogens is 158 g/mol. The maximum Gasteiger partial charge on any atom is 0.404 e. The quantitative estimate of drug-likeness (QED) is 0.646. The number of carbonyl (C=O) groups is 1. The number of aromatic nitrogens is 2. The lowest BCUT2D eigenvalue weighted by Crippen LogP contribution is -2.22. The minimum Gasteiger partial charge on any atom is -0.465 e. The van der Waals surface area contributed by atoms with E-state index in [0.29, 0.717) is 6.54 Å². The van der Waals surface area contributed by atoms with E-state index in [-0.39, 0.29) is 0 Å². The minimum absolute atomic E-state index is 0.480. The molecule has 0 aliphatic carbocycles. The third-order valence-electron chi connectivity index (χ3n) is 1.43. The van der Waals surface area contributed by atoms with Gasteiger partial charge in [-0.05, 0) is 6.42 Å². The van der Waals surface area contributed by atoms with Gasteiger partial charge >= 0.3 is 6.09 Å². The second-order valence-electron chi connectivity index (χ2n) is 2.39. The van der Waals surface area contributed by atoms with Gasteiger partial charge in [-0.2, -0.15) is 0 Å². The van der Waals surface area contributed by atoms with Crippen LogP contribution in [0.15, 0.2) is 18.7 Å². The van der Waals surface area contributed by atoms with Crippen molar-refractivity contribution < 1.29 is 9.90 Å². The largest absolute Gasteiger partial charge is 0.465 e. The average Bonchev–Trinajstić information content (AvgIpc) is 2.49. The highest BCUT2D eigenvalue weighted by Gasteiger charge is 1.93. The number of carboxylic acid groups (broad SMARTS) is 1. The van der Waals surface area contributed by atoms with Crippen molar-refractivity contribution in [3.63, 3.8) is 0 Å². The van der Waals surface area contributed by atoms with Gasteiger partial charge in [-0.1, -0.05) is 0 Å². The summed E-state index contributed by atoms with van der Waals surface area (Å²) in [7, 11) is 0. The molecule has 0 radical (unpaired) electrons. The zero-order valence-corrected chi connectivity index (χ0v) is 6.60. The standard InChI is InChI=1S/C7H11N3O2/c11-7(12)9-2-1-4-10-5-3-8-6-10/h3,5-6,9H,1-2,4H2,(H,11,12). The molecule has 0 spiro atoms. The lowest BCUT2D eigenvalue weighted by Gasteiger charge is -2.01. The number of aryl methyl sites for hydroxylation is 1. The van der Waals surface area contributed by atoms with Crippen LogP contribution in [0.4, 0.5) is 4.79 Å². The lowest BCUT2D eigenvalue weighted by molar-refractivity contribution is 0.194. The average molecular weight is 169 g/mol. The van der Waals surface area contributed by atoms with Crippen LogP contribution < -0.4 is 5.32 Å². The van der Waals surface area contributed by atoms with E-state index in [1.54, 1.807) is 12.5 Å². The van der Waals surface area contributed by atoms with E-state index in [9.17, 15) is 4.79 Å². The Morgan fingerprint density at radius 2 is 2.50 bits per heavy atom. The normalized spacial score (nSPS) is 9.67. The van der Waals surface area contributed by atoms with Crippen LogP contribution in [-0.2, 0) is 6.54 Å². The van der Waals surface area contributed by atoms with Crippen LogP contribution in [-0.4, -0.2) is 27.3 Å². The highest BCUT2D eigenvalue weighted by Crippen LogP contribution is 1.88. The molecule has 5 nitrogen and oxygen atoms in total. The van der Waals surface area contributed by atoms with Crippen LogP contribution in [0, 0.1) is 0 Å². The maximum absolute atomic E-state index is 10.0. The smallest absolute Gasteiger partial charge is 0.404 e. The van der Waals surface area contributed by atoms with E-state index >= 15 is 0 Å². The highest BCUT2D eigenvalue weighted by molar-refractivity contribution is 5.64. The highest BCUT2D eigenvalue weighted by atomic mass is 16.4. The number of amides is 1. The molecule has 66 valence electrons. The van der Waals surface area contributed by atoms with Crippen molar-refractivity contribution in [2.75, 3.05) is 6.54 Å². The third kappa shape index (κ3) is 3.05. The van der Waals surface area contributed by atoms with Gasteiger partial charge in [-0.15, -0.1) is 0 Å². The van der Waals surface area contributed by atoms with Crippen molar-refractivity contribution in [2.45, 2.75) is 13.0 Å². The molecule has 1 aromatic heterocycles. The Labute approximate surface area is 70.0 Å². The summed E-state index contributed by atoms with van der Waals surface area (Å²) >= 11 is 0. The third-order valence-corrected chi connectivity index (χ3v) is 1.43. The molecule has 12 heavy (non-hydrogen) atoms. The Hall–Kier alpha value is -1.52. The molecule has 2 N–H and O–H groups in total. The number of rotatable bonds is 4. The molecule has 0 aliphatic heterocycles. The SMILES string of the molecule is O=C(O)NCCCn1ccnc1. The number of nitrogens with one attached hydrogen (secondary N) is 1. The van der Waals surface area contributed by atoms with Crippen molar-refractivity contribution in [1.82, 2.24) is 14.9 Å². The maximum atomic E-state index is 10.0. The van der Waals surface area contributed by atoms with Crippen LogP contribution >= 0.6 is 0 Å². The number of imidazole rings is 1. The second-order valence-corrected chi connectivity index (χ2v) is 2.39. The topological polar surface area (TPSA) is 67.2 Å². The van der Waals surface area contributed by atoms with Crippen molar-refractivity contribution in [3.05, 3.63) is 18.7 Å². The molecule has 0 saturated heterocycles. The molecule has 1 heterocycles. The summed E-state index contributed by atoms with van der Waals surface area (Å²) < 4.78 is 1.91. The molecule has 0 atom stereocenters. The van der Waals surface area contributed by atoms with Gasteiger partial charge in [0, 0.05) is 25.5 Å². The monoisotopic (exact) mass is 169 g/mol. The first-order chi connectivity index (χ1) is 5.79. The molecule has 0 aliphatic rings. The minimum atomic E-state index is -0.972. The molecule has 1 aromatic rings. The summed E-state index contributed by atoms with van der Waals surface area (Å²) in [4.78, 5) is 13.9. The molecule has 0 bridgehead atoms. The summed E-state index contributed by atoms with van der Waals surface area (Å²) in [6.45, 7) is 1.27. The molecule has 5 heteroatoms. The summed E-state index contributed by atoms with van der Waals surface area (Å²) in [6, 6.07) is 0. The Morgan fingerprint density at radius 3 is 3.08 bits per heavy atom. The fraction of sp³-hybridized carbons (Fsp3) is 0.429. The predicted octanol–water partition coefficient (Wildman–Crippen LogP) is 0.541. The van der Waals surface area contributed by atoms with Crippen molar-refractivity contribution >= 4 is 6.09 Å². The van der Waals surface area contributed by atoms with Gasteiger partial charge in [-0.25, -0.2) is 9.78 Å². The molecule has 0 aromatic carbocycles. The Bertz CT molecular complexity index is 233. The molecule has 0 saturated carbocycles. The Kier molecular flexibility index (Phi) is 3.13. The van der Waals surface area contributed by atoms with Gasteiger partial charge in [0.05, 0.1) is 6.33 Å².